The normalized spacial score (nSPS) is 12.6. The fourth-order valence-electron chi connectivity index (χ4n) is 2.80. The highest BCUT2D eigenvalue weighted by molar-refractivity contribution is 5.98. The van der Waals surface area contributed by atoms with Crippen LogP contribution in [0.3, 0.4) is 0 Å². The molecule has 2 aromatic carbocycles. The fraction of sp³-hybridized carbons (Fsp3) is 0.263. The van der Waals surface area contributed by atoms with E-state index >= 15 is 0 Å². The molecule has 0 aliphatic carbocycles. The first-order chi connectivity index (χ1) is 11.6. The number of anilines is 1. The molecule has 0 saturated heterocycles. The maximum absolute atomic E-state index is 12.3. The van der Waals surface area contributed by atoms with Gasteiger partial charge in [0.15, 0.2) is 0 Å². The Balaban J connectivity index is 1.46. The Morgan fingerprint density at radius 1 is 1.04 bits per heavy atom. The molecule has 0 atom stereocenters. The fourth-order valence-corrected chi connectivity index (χ4v) is 2.80. The number of urea groups is 1. The van der Waals surface area contributed by atoms with Crippen LogP contribution in [0.1, 0.15) is 16.7 Å². The molecule has 5 heteroatoms. The van der Waals surface area contributed by atoms with Gasteiger partial charge in [-0.15, -0.1) is 0 Å². The van der Waals surface area contributed by atoms with Crippen molar-refractivity contribution in [2.75, 3.05) is 18.0 Å². The van der Waals surface area contributed by atoms with Crippen molar-refractivity contribution in [3.63, 3.8) is 0 Å². The molecule has 3 rings (SSSR count). The number of hydrogen-bond acceptors (Lipinski definition) is 2. The molecule has 0 aromatic heterocycles. The van der Waals surface area contributed by atoms with Crippen molar-refractivity contribution in [3.05, 3.63) is 65.2 Å². The summed E-state index contributed by atoms with van der Waals surface area (Å²) in [4.78, 5) is 25.9. The number of carbonyl (C=O) groups is 2. The Hall–Kier alpha value is -2.82. The molecule has 124 valence electrons. The standard InChI is InChI=1S/C19H21N3O2/c1-14-6-8-15(9-7-14)12-20-19(24)21-13-18(23)22-11-10-16-4-2-3-5-17(16)22/h2-9H,10-13H2,1H3,(H2,20,21,24). The van der Waals surface area contributed by atoms with Crippen LogP contribution < -0.4 is 15.5 Å². The number of aryl methyl sites for hydroxylation is 1. The Bertz CT molecular complexity index is 741. The zero-order chi connectivity index (χ0) is 16.9. The van der Waals surface area contributed by atoms with E-state index < -0.39 is 0 Å². The van der Waals surface area contributed by atoms with Crippen molar-refractivity contribution in [2.24, 2.45) is 0 Å². The van der Waals surface area contributed by atoms with Gasteiger partial charge < -0.3 is 15.5 Å². The van der Waals surface area contributed by atoms with Crippen LogP contribution in [0, 0.1) is 6.92 Å². The van der Waals surface area contributed by atoms with Gasteiger partial charge in [0.1, 0.15) is 0 Å². The van der Waals surface area contributed by atoms with Gasteiger partial charge in [-0.1, -0.05) is 48.0 Å². The van der Waals surface area contributed by atoms with E-state index in [-0.39, 0.29) is 18.5 Å². The number of fused-ring (bicyclic) bond motifs is 1. The summed E-state index contributed by atoms with van der Waals surface area (Å²) in [6.07, 6.45) is 0.863. The van der Waals surface area contributed by atoms with Crippen molar-refractivity contribution in [1.82, 2.24) is 10.6 Å². The first kappa shape index (κ1) is 16.1. The molecular formula is C19H21N3O2. The lowest BCUT2D eigenvalue weighted by Gasteiger charge is -2.17. The molecular weight excluding hydrogens is 302 g/mol. The van der Waals surface area contributed by atoms with Crippen LogP contribution in [0.5, 0.6) is 0 Å². The molecule has 24 heavy (non-hydrogen) atoms. The molecule has 5 nitrogen and oxygen atoms in total. The number of benzene rings is 2. The molecule has 1 aliphatic heterocycles. The maximum atomic E-state index is 12.3. The minimum atomic E-state index is -0.337. The van der Waals surface area contributed by atoms with Gasteiger partial charge in [0.05, 0.1) is 6.54 Å². The Kier molecular flexibility index (Phi) is 4.79. The van der Waals surface area contributed by atoms with Crippen molar-refractivity contribution in [3.8, 4) is 0 Å². The lowest BCUT2D eigenvalue weighted by atomic mass is 10.1. The van der Waals surface area contributed by atoms with E-state index in [0.717, 1.165) is 17.7 Å². The number of rotatable bonds is 4. The highest BCUT2D eigenvalue weighted by atomic mass is 16.2. The van der Waals surface area contributed by atoms with Crippen molar-refractivity contribution in [1.29, 1.82) is 0 Å². The van der Waals surface area contributed by atoms with E-state index in [1.807, 2.05) is 55.5 Å². The van der Waals surface area contributed by atoms with Gasteiger partial charge in [-0.3, -0.25) is 4.79 Å². The molecule has 3 amide bonds. The van der Waals surface area contributed by atoms with E-state index in [4.69, 9.17) is 0 Å². The zero-order valence-corrected chi connectivity index (χ0v) is 13.7. The summed E-state index contributed by atoms with van der Waals surface area (Å²) < 4.78 is 0. The van der Waals surface area contributed by atoms with E-state index in [1.54, 1.807) is 4.90 Å². The molecule has 1 aliphatic rings. The van der Waals surface area contributed by atoms with Crippen LogP contribution in [0.25, 0.3) is 0 Å². The van der Waals surface area contributed by atoms with E-state index in [9.17, 15) is 9.59 Å². The van der Waals surface area contributed by atoms with Crippen LogP contribution in [0.2, 0.25) is 0 Å². The third kappa shape index (κ3) is 3.74. The average molecular weight is 323 g/mol. The predicted octanol–water partition coefficient (Wildman–Crippen LogP) is 2.38. The summed E-state index contributed by atoms with van der Waals surface area (Å²) in [5.74, 6) is -0.0922. The SMILES string of the molecule is Cc1ccc(CNC(=O)NCC(=O)N2CCc3ccccc32)cc1. The van der Waals surface area contributed by atoms with Gasteiger partial charge in [0.25, 0.3) is 0 Å². The molecule has 0 fully saturated rings. The van der Waals surface area contributed by atoms with Gasteiger partial charge in [-0.2, -0.15) is 0 Å². The lowest BCUT2D eigenvalue weighted by molar-refractivity contribution is -0.117. The average Bonchev–Trinajstić information content (AvgIpc) is 3.03. The van der Waals surface area contributed by atoms with Gasteiger partial charge in [0, 0.05) is 18.8 Å². The molecule has 0 radical (unpaired) electrons. The minimum Gasteiger partial charge on any atom is -0.334 e. The summed E-state index contributed by atoms with van der Waals surface area (Å²) in [6.45, 7) is 3.12. The monoisotopic (exact) mass is 323 g/mol. The minimum absolute atomic E-state index is 0.00589. The highest BCUT2D eigenvalue weighted by Gasteiger charge is 2.23. The number of para-hydroxylation sites is 1. The van der Waals surface area contributed by atoms with Crippen LogP contribution >= 0.6 is 0 Å². The first-order valence-electron chi connectivity index (χ1n) is 8.09. The third-order valence-corrected chi connectivity index (χ3v) is 4.16. The van der Waals surface area contributed by atoms with Crippen LogP contribution in [0.4, 0.5) is 10.5 Å². The second kappa shape index (κ2) is 7.17. The predicted molar refractivity (Wildman–Crippen MR) is 93.9 cm³/mol. The molecule has 2 N–H and O–H groups in total. The Morgan fingerprint density at radius 3 is 2.58 bits per heavy atom. The summed E-state index contributed by atoms with van der Waals surface area (Å²) >= 11 is 0. The van der Waals surface area contributed by atoms with Crippen molar-refractivity contribution < 1.29 is 9.59 Å². The van der Waals surface area contributed by atoms with Crippen LogP contribution in [-0.4, -0.2) is 25.0 Å². The van der Waals surface area contributed by atoms with E-state index in [2.05, 4.69) is 10.6 Å². The summed E-state index contributed by atoms with van der Waals surface area (Å²) in [6, 6.07) is 15.5. The number of hydrogen-bond donors (Lipinski definition) is 2. The zero-order valence-electron chi connectivity index (χ0n) is 13.7. The quantitative estimate of drug-likeness (QED) is 0.907. The second-order valence-electron chi connectivity index (χ2n) is 5.95. The van der Waals surface area contributed by atoms with Gasteiger partial charge in [-0.05, 0) is 30.5 Å². The largest absolute Gasteiger partial charge is 0.334 e. The summed E-state index contributed by atoms with van der Waals surface area (Å²) in [5.41, 5.74) is 4.33. The lowest BCUT2D eigenvalue weighted by Crippen LogP contribution is -2.43. The molecule has 0 saturated carbocycles. The summed E-state index contributed by atoms with van der Waals surface area (Å²) in [7, 11) is 0. The molecule has 1 heterocycles. The number of nitrogens with one attached hydrogen (secondary N) is 2. The number of nitrogens with zero attached hydrogens (tertiary/aromatic N) is 1. The third-order valence-electron chi connectivity index (χ3n) is 4.16. The molecule has 2 aromatic rings. The topological polar surface area (TPSA) is 61.4 Å². The Morgan fingerprint density at radius 2 is 1.79 bits per heavy atom. The Labute approximate surface area is 141 Å². The number of carbonyl (C=O) groups excluding carboxylic acids is 2. The van der Waals surface area contributed by atoms with Crippen molar-refractivity contribution >= 4 is 17.6 Å². The van der Waals surface area contributed by atoms with Crippen LogP contribution in [-0.2, 0) is 17.8 Å². The van der Waals surface area contributed by atoms with Gasteiger partial charge >= 0.3 is 6.03 Å². The summed E-state index contributed by atoms with van der Waals surface area (Å²) in [5, 5.41) is 5.39. The molecule has 0 spiro atoms. The molecule has 0 bridgehead atoms. The molecule has 0 unspecified atom stereocenters. The van der Waals surface area contributed by atoms with Gasteiger partial charge in [-0.25, -0.2) is 4.79 Å². The second-order valence-corrected chi connectivity index (χ2v) is 5.95. The smallest absolute Gasteiger partial charge is 0.315 e. The van der Waals surface area contributed by atoms with E-state index in [1.165, 1.54) is 11.1 Å². The van der Waals surface area contributed by atoms with Gasteiger partial charge in [0.2, 0.25) is 5.91 Å². The maximum Gasteiger partial charge on any atom is 0.315 e. The van der Waals surface area contributed by atoms with Crippen molar-refractivity contribution in [2.45, 2.75) is 19.9 Å². The highest BCUT2D eigenvalue weighted by Crippen LogP contribution is 2.27. The van der Waals surface area contributed by atoms with Crippen LogP contribution in [0.15, 0.2) is 48.5 Å². The number of amides is 3. The van der Waals surface area contributed by atoms with E-state index in [0.29, 0.717) is 13.1 Å². The first-order valence-corrected chi connectivity index (χ1v) is 8.09.